The van der Waals surface area contributed by atoms with E-state index in [1.165, 1.54) is 0 Å². The van der Waals surface area contributed by atoms with Crippen molar-refractivity contribution in [2.45, 2.75) is 24.0 Å². The number of nitro groups is 1. The molecule has 17 heavy (non-hydrogen) atoms. The van der Waals surface area contributed by atoms with Gasteiger partial charge in [0.2, 0.25) is 5.03 Å². The summed E-state index contributed by atoms with van der Waals surface area (Å²) >= 11 is 0. The lowest BCUT2D eigenvalue weighted by atomic mass is 10.4. The van der Waals surface area contributed by atoms with E-state index < -0.39 is 20.0 Å². The molecule has 0 spiro atoms. The van der Waals surface area contributed by atoms with Crippen LogP contribution in [0, 0.1) is 10.1 Å². The number of hydrogen-bond donors (Lipinski definition) is 1. The first-order valence-electron chi connectivity index (χ1n) is 4.72. The highest BCUT2D eigenvalue weighted by atomic mass is 32.2. The van der Waals surface area contributed by atoms with E-state index >= 15 is 0 Å². The summed E-state index contributed by atoms with van der Waals surface area (Å²) in [6.07, 6.45) is 2.29. The minimum Gasteiger partial charge on any atom is -0.487 e. The fraction of sp³-hybridized carbons (Fsp3) is 0.375. The number of ether oxygens (including phenoxy) is 1. The van der Waals surface area contributed by atoms with Crippen LogP contribution in [-0.4, -0.2) is 24.4 Å². The van der Waals surface area contributed by atoms with E-state index in [2.05, 4.69) is 4.98 Å². The summed E-state index contributed by atoms with van der Waals surface area (Å²) in [4.78, 5) is 13.3. The Morgan fingerprint density at radius 3 is 2.65 bits per heavy atom. The van der Waals surface area contributed by atoms with E-state index in [4.69, 9.17) is 9.88 Å². The van der Waals surface area contributed by atoms with Crippen LogP contribution in [0.1, 0.15) is 12.8 Å². The van der Waals surface area contributed by atoms with Crippen molar-refractivity contribution < 1.29 is 18.1 Å². The van der Waals surface area contributed by atoms with Gasteiger partial charge in [0.05, 0.1) is 17.1 Å². The molecule has 0 aliphatic heterocycles. The molecular formula is C8H9N3O5S. The first kappa shape index (κ1) is 11.7. The van der Waals surface area contributed by atoms with Crippen molar-refractivity contribution in [2.75, 3.05) is 0 Å². The third-order valence-electron chi connectivity index (χ3n) is 2.10. The number of nitrogens with zero attached hydrogens (tertiary/aromatic N) is 2. The molecule has 0 radical (unpaired) electrons. The summed E-state index contributed by atoms with van der Waals surface area (Å²) < 4.78 is 27.7. The summed E-state index contributed by atoms with van der Waals surface area (Å²) in [5.41, 5.74) is -0.340. The molecule has 9 heteroatoms. The van der Waals surface area contributed by atoms with E-state index in [1.54, 1.807) is 0 Å². The molecule has 1 aliphatic rings. The molecule has 1 aromatic heterocycles. The molecule has 0 aromatic carbocycles. The van der Waals surface area contributed by atoms with Crippen LogP contribution < -0.4 is 9.88 Å². The van der Waals surface area contributed by atoms with Gasteiger partial charge < -0.3 is 4.74 Å². The Bertz CT molecular complexity index is 567. The van der Waals surface area contributed by atoms with Gasteiger partial charge >= 0.3 is 0 Å². The van der Waals surface area contributed by atoms with E-state index in [1.807, 2.05) is 0 Å². The van der Waals surface area contributed by atoms with Gasteiger partial charge in [-0.05, 0) is 12.8 Å². The zero-order valence-corrected chi connectivity index (χ0v) is 9.38. The Balaban J connectivity index is 2.47. The summed E-state index contributed by atoms with van der Waals surface area (Å²) in [6.45, 7) is 0. The van der Waals surface area contributed by atoms with Crippen LogP contribution >= 0.6 is 0 Å². The van der Waals surface area contributed by atoms with E-state index in [-0.39, 0.29) is 17.5 Å². The van der Waals surface area contributed by atoms with Crippen molar-refractivity contribution in [3.8, 4) is 5.75 Å². The van der Waals surface area contributed by atoms with E-state index in [0.29, 0.717) is 0 Å². The average molecular weight is 259 g/mol. The van der Waals surface area contributed by atoms with Gasteiger partial charge in [0.1, 0.15) is 6.20 Å². The van der Waals surface area contributed by atoms with Crippen molar-refractivity contribution in [1.29, 1.82) is 0 Å². The van der Waals surface area contributed by atoms with Crippen molar-refractivity contribution in [3.63, 3.8) is 0 Å². The molecule has 0 amide bonds. The number of primary sulfonamides is 1. The number of nitrogens with two attached hydrogens (primary N) is 1. The lowest BCUT2D eigenvalue weighted by Crippen LogP contribution is -2.16. The molecule has 1 saturated carbocycles. The van der Waals surface area contributed by atoms with Crippen molar-refractivity contribution in [1.82, 2.24) is 4.98 Å². The normalized spacial score (nSPS) is 15.6. The van der Waals surface area contributed by atoms with Crippen LogP contribution in [-0.2, 0) is 10.0 Å². The van der Waals surface area contributed by atoms with E-state index in [0.717, 1.165) is 25.1 Å². The Morgan fingerprint density at radius 1 is 1.53 bits per heavy atom. The molecule has 2 rings (SSSR count). The minimum absolute atomic E-state index is 0.112. The highest BCUT2D eigenvalue weighted by molar-refractivity contribution is 7.89. The van der Waals surface area contributed by atoms with Crippen molar-refractivity contribution in [3.05, 3.63) is 22.4 Å². The molecule has 1 aliphatic carbocycles. The van der Waals surface area contributed by atoms with Gasteiger partial charge in [-0.3, -0.25) is 10.1 Å². The molecule has 92 valence electrons. The quantitative estimate of drug-likeness (QED) is 0.607. The van der Waals surface area contributed by atoms with Crippen LogP contribution in [0.3, 0.4) is 0 Å². The Labute approximate surface area is 96.6 Å². The predicted octanol–water partition coefficient (Wildman–Crippen LogP) is 0.178. The standard InChI is InChI=1S/C8H9N3O5S/c9-17(14,15)8-7(16-6-1-2-6)3-5(4-10-8)11(12)13/h3-4,6H,1-2H2,(H2,9,14,15). The summed E-state index contributed by atoms with van der Waals surface area (Å²) in [6, 6.07) is 1.02. The summed E-state index contributed by atoms with van der Waals surface area (Å²) in [5, 5.41) is 15.0. The topological polar surface area (TPSA) is 125 Å². The van der Waals surface area contributed by atoms with E-state index in [9.17, 15) is 18.5 Å². The third kappa shape index (κ3) is 2.68. The number of hydrogen-bond acceptors (Lipinski definition) is 6. The molecule has 0 atom stereocenters. The number of aromatic nitrogens is 1. The molecule has 1 fully saturated rings. The molecule has 1 aromatic rings. The van der Waals surface area contributed by atoms with Crippen LogP contribution in [0.5, 0.6) is 5.75 Å². The smallest absolute Gasteiger partial charge is 0.291 e. The second-order valence-electron chi connectivity index (χ2n) is 3.62. The Hall–Kier alpha value is -1.74. The maximum Gasteiger partial charge on any atom is 0.291 e. The highest BCUT2D eigenvalue weighted by Gasteiger charge is 2.28. The zero-order valence-electron chi connectivity index (χ0n) is 8.57. The molecule has 8 nitrogen and oxygen atoms in total. The maximum atomic E-state index is 11.2. The van der Waals surface area contributed by atoms with Gasteiger partial charge in [-0.2, -0.15) is 0 Å². The van der Waals surface area contributed by atoms with Gasteiger partial charge in [0.25, 0.3) is 15.7 Å². The van der Waals surface area contributed by atoms with Gasteiger partial charge in [0.15, 0.2) is 5.75 Å². The van der Waals surface area contributed by atoms with Crippen LogP contribution in [0.4, 0.5) is 5.69 Å². The number of pyridine rings is 1. The third-order valence-corrected chi connectivity index (χ3v) is 2.95. The fourth-order valence-electron chi connectivity index (χ4n) is 1.19. The lowest BCUT2D eigenvalue weighted by Gasteiger charge is -2.07. The molecule has 0 unspecified atom stereocenters. The number of sulfonamides is 1. The number of rotatable bonds is 4. The lowest BCUT2D eigenvalue weighted by molar-refractivity contribution is -0.385. The monoisotopic (exact) mass is 259 g/mol. The van der Waals surface area contributed by atoms with Crippen molar-refractivity contribution >= 4 is 15.7 Å². The Kier molecular flexibility index (Phi) is 2.71. The molecule has 2 N–H and O–H groups in total. The van der Waals surface area contributed by atoms with Crippen LogP contribution in [0.15, 0.2) is 17.3 Å². The average Bonchev–Trinajstić information content (AvgIpc) is 2.99. The van der Waals surface area contributed by atoms with Gasteiger partial charge in [-0.25, -0.2) is 18.5 Å². The first-order valence-corrected chi connectivity index (χ1v) is 6.26. The summed E-state index contributed by atoms with van der Waals surface area (Å²) in [5.74, 6) is -0.163. The predicted molar refractivity (Wildman–Crippen MR) is 55.9 cm³/mol. The first-order chi connectivity index (χ1) is 7.88. The highest BCUT2D eigenvalue weighted by Crippen LogP contribution is 2.32. The van der Waals surface area contributed by atoms with Gasteiger partial charge in [-0.15, -0.1) is 0 Å². The SMILES string of the molecule is NS(=O)(=O)c1ncc([N+](=O)[O-])cc1OC1CC1. The van der Waals surface area contributed by atoms with Crippen LogP contribution in [0.25, 0.3) is 0 Å². The van der Waals surface area contributed by atoms with Crippen molar-refractivity contribution in [2.24, 2.45) is 5.14 Å². The molecule has 1 heterocycles. The second kappa shape index (κ2) is 3.93. The van der Waals surface area contributed by atoms with Gasteiger partial charge in [0, 0.05) is 0 Å². The maximum absolute atomic E-state index is 11.2. The second-order valence-corrected chi connectivity index (χ2v) is 5.09. The fourth-order valence-corrected chi connectivity index (χ4v) is 1.77. The summed E-state index contributed by atoms with van der Waals surface area (Å²) in [7, 11) is -4.05. The van der Waals surface area contributed by atoms with Gasteiger partial charge in [-0.1, -0.05) is 0 Å². The largest absolute Gasteiger partial charge is 0.487 e. The molecular weight excluding hydrogens is 250 g/mol. The molecule has 0 saturated heterocycles. The zero-order chi connectivity index (χ0) is 12.6. The molecule has 0 bridgehead atoms. The van der Waals surface area contributed by atoms with Crippen LogP contribution in [0.2, 0.25) is 0 Å². The Morgan fingerprint density at radius 2 is 2.18 bits per heavy atom. The minimum atomic E-state index is -4.05.